The van der Waals surface area contributed by atoms with Crippen LogP contribution in [0.4, 0.5) is 0 Å². The molecule has 1 aliphatic carbocycles. The molecule has 0 aromatic carbocycles. The van der Waals surface area contributed by atoms with E-state index in [0.29, 0.717) is 11.3 Å². The number of aliphatic carboxylic acids is 1. The predicted octanol–water partition coefficient (Wildman–Crippen LogP) is 0.653. The van der Waals surface area contributed by atoms with E-state index in [4.69, 9.17) is 5.73 Å². The molecule has 2 heterocycles. The monoisotopic (exact) mass is 353 g/mol. The highest BCUT2D eigenvalue weighted by molar-refractivity contribution is 8.00. The number of nitrogens with one attached hydrogen (secondary N) is 1. The lowest BCUT2D eigenvalue weighted by atomic mass is 9.84. The first kappa shape index (κ1) is 17.3. The summed E-state index contributed by atoms with van der Waals surface area (Å²) in [5, 5.41) is 11.7. The molecular formula is C16H23N3O4S. The minimum absolute atomic E-state index is 0.0471. The Morgan fingerprint density at radius 3 is 2.62 bits per heavy atom. The average Bonchev–Trinajstić information content (AvgIpc) is 2.59. The molecule has 3 rings (SSSR count). The normalized spacial score (nSPS) is 28.9. The second kappa shape index (κ2) is 6.76. The minimum Gasteiger partial charge on any atom is -0.477 e. The van der Waals surface area contributed by atoms with Crippen LogP contribution in [0.5, 0.6) is 0 Å². The molecule has 2 fully saturated rings. The van der Waals surface area contributed by atoms with E-state index in [-0.39, 0.29) is 28.8 Å². The molecule has 0 bridgehead atoms. The molecule has 7 nitrogen and oxygen atoms in total. The van der Waals surface area contributed by atoms with Gasteiger partial charge in [-0.1, -0.05) is 19.3 Å². The molecule has 1 saturated heterocycles. The van der Waals surface area contributed by atoms with Gasteiger partial charge in [0.05, 0.1) is 6.04 Å². The van der Waals surface area contributed by atoms with E-state index >= 15 is 0 Å². The standard InChI is InChI=1S/C16H23N3O4S/c1-8-7-24-15-11(14(21)19(15)12(8)16(22)23)18-13(20)10(17)9-5-3-2-4-6-9/h9-11,15H,2-7,17H2,1H3,(H,18,20)(H,22,23)/t10-,11-,15-/m1/s1. The van der Waals surface area contributed by atoms with E-state index in [2.05, 4.69) is 5.32 Å². The van der Waals surface area contributed by atoms with Crippen molar-refractivity contribution in [1.82, 2.24) is 10.2 Å². The Balaban J connectivity index is 1.64. The summed E-state index contributed by atoms with van der Waals surface area (Å²) in [5.41, 5.74) is 6.80. The molecule has 0 spiro atoms. The number of rotatable bonds is 4. The first-order valence-electron chi connectivity index (χ1n) is 8.35. The highest BCUT2D eigenvalue weighted by Gasteiger charge is 2.54. The topological polar surface area (TPSA) is 113 Å². The number of amides is 2. The number of nitrogens with zero attached hydrogens (tertiary/aromatic N) is 1. The molecule has 3 aliphatic rings. The van der Waals surface area contributed by atoms with Crippen molar-refractivity contribution in [2.24, 2.45) is 11.7 Å². The molecule has 0 unspecified atom stereocenters. The molecule has 0 radical (unpaired) electrons. The minimum atomic E-state index is -1.10. The average molecular weight is 353 g/mol. The fraction of sp³-hybridized carbons (Fsp3) is 0.688. The molecule has 132 valence electrons. The summed E-state index contributed by atoms with van der Waals surface area (Å²) in [6, 6.07) is -1.28. The smallest absolute Gasteiger partial charge is 0.352 e. The zero-order valence-electron chi connectivity index (χ0n) is 13.7. The van der Waals surface area contributed by atoms with Gasteiger partial charge in [0.1, 0.15) is 17.1 Å². The molecule has 0 aromatic rings. The Morgan fingerprint density at radius 2 is 2.00 bits per heavy atom. The Labute approximate surface area is 145 Å². The van der Waals surface area contributed by atoms with Crippen molar-refractivity contribution < 1.29 is 19.5 Å². The lowest BCUT2D eigenvalue weighted by molar-refractivity contribution is -0.151. The van der Waals surface area contributed by atoms with E-state index in [9.17, 15) is 19.5 Å². The summed E-state index contributed by atoms with van der Waals surface area (Å²) in [4.78, 5) is 37.4. The van der Waals surface area contributed by atoms with E-state index in [1.807, 2.05) is 0 Å². The van der Waals surface area contributed by atoms with Crippen LogP contribution < -0.4 is 11.1 Å². The van der Waals surface area contributed by atoms with E-state index in [1.165, 1.54) is 23.1 Å². The molecule has 4 N–H and O–H groups in total. The third kappa shape index (κ3) is 2.93. The molecule has 3 atom stereocenters. The van der Waals surface area contributed by atoms with Gasteiger partial charge in [-0.15, -0.1) is 11.8 Å². The maximum absolute atomic E-state index is 12.4. The highest BCUT2D eigenvalue weighted by Crippen LogP contribution is 2.40. The van der Waals surface area contributed by atoms with Crippen molar-refractivity contribution in [3.63, 3.8) is 0 Å². The Kier molecular flexibility index (Phi) is 4.87. The molecule has 2 aliphatic heterocycles. The summed E-state index contributed by atoms with van der Waals surface area (Å²) in [6.07, 6.45) is 5.26. The molecule has 8 heteroatoms. The van der Waals surface area contributed by atoms with Crippen LogP contribution in [0.3, 0.4) is 0 Å². The van der Waals surface area contributed by atoms with Crippen LogP contribution in [0.2, 0.25) is 0 Å². The van der Waals surface area contributed by atoms with Crippen molar-refractivity contribution in [3.05, 3.63) is 11.3 Å². The number of nitrogens with two attached hydrogens (primary N) is 1. The Morgan fingerprint density at radius 1 is 1.33 bits per heavy atom. The van der Waals surface area contributed by atoms with E-state index in [1.54, 1.807) is 6.92 Å². The van der Waals surface area contributed by atoms with Crippen molar-refractivity contribution in [3.8, 4) is 0 Å². The summed E-state index contributed by atoms with van der Waals surface area (Å²) < 4.78 is 0. The number of carboxylic acid groups (broad SMARTS) is 1. The second-order valence-electron chi connectivity index (χ2n) is 6.75. The van der Waals surface area contributed by atoms with Crippen LogP contribution >= 0.6 is 11.8 Å². The van der Waals surface area contributed by atoms with Crippen LogP contribution in [0.15, 0.2) is 11.3 Å². The molecule has 0 aromatic heterocycles. The molecule has 24 heavy (non-hydrogen) atoms. The van der Waals surface area contributed by atoms with E-state index < -0.39 is 18.1 Å². The third-order valence-corrected chi connectivity index (χ3v) is 6.54. The number of thioether (sulfide) groups is 1. The summed E-state index contributed by atoms with van der Waals surface area (Å²) in [6.45, 7) is 1.71. The second-order valence-corrected chi connectivity index (χ2v) is 7.86. The van der Waals surface area contributed by atoms with Gasteiger partial charge in [0.25, 0.3) is 5.91 Å². The number of hydrogen-bond donors (Lipinski definition) is 3. The van der Waals surface area contributed by atoms with Crippen LogP contribution in [0.25, 0.3) is 0 Å². The lowest BCUT2D eigenvalue weighted by Gasteiger charge is -2.49. The van der Waals surface area contributed by atoms with Gasteiger partial charge in [-0.05, 0) is 31.3 Å². The van der Waals surface area contributed by atoms with Crippen LogP contribution in [-0.4, -0.2) is 51.0 Å². The van der Waals surface area contributed by atoms with Gasteiger partial charge >= 0.3 is 5.97 Å². The van der Waals surface area contributed by atoms with Crippen molar-refractivity contribution in [2.45, 2.75) is 56.5 Å². The number of carboxylic acids is 1. The maximum atomic E-state index is 12.4. The number of β-lactam (4-membered cyclic amide) rings is 1. The first-order valence-corrected chi connectivity index (χ1v) is 9.40. The van der Waals surface area contributed by atoms with Gasteiger partial charge in [-0.2, -0.15) is 0 Å². The molecule has 1 saturated carbocycles. The lowest BCUT2D eigenvalue weighted by Crippen LogP contribution is -2.71. The van der Waals surface area contributed by atoms with Gasteiger partial charge in [0.2, 0.25) is 5.91 Å². The first-order chi connectivity index (χ1) is 11.4. The summed E-state index contributed by atoms with van der Waals surface area (Å²) >= 11 is 1.47. The van der Waals surface area contributed by atoms with Crippen LogP contribution in [0, 0.1) is 5.92 Å². The van der Waals surface area contributed by atoms with Crippen molar-refractivity contribution >= 4 is 29.5 Å². The zero-order valence-corrected chi connectivity index (χ0v) is 14.5. The maximum Gasteiger partial charge on any atom is 0.352 e. The van der Waals surface area contributed by atoms with Gasteiger partial charge in [0.15, 0.2) is 0 Å². The van der Waals surface area contributed by atoms with Gasteiger partial charge < -0.3 is 16.2 Å². The Bertz CT molecular complexity index is 600. The SMILES string of the molecule is CC1=C(C(=O)O)N2C(=O)[C@@H](NC(=O)[C@H](N)C3CCCCC3)[C@H]2SC1. The summed E-state index contributed by atoms with van der Waals surface area (Å²) in [7, 11) is 0. The van der Waals surface area contributed by atoms with Crippen LogP contribution in [-0.2, 0) is 14.4 Å². The van der Waals surface area contributed by atoms with Crippen LogP contribution in [0.1, 0.15) is 39.0 Å². The number of carbonyl (C=O) groups is 3. The number of carbonyl (C=O) groups excluding carboxylic acids is 2. The van der Waals surface area contributed by atoms with Gasteiger partial charge in [-0.3, -0.25) is 14.5 Å². The quantitative estimate of drug-likeness (QED) is 0.640. The highest BCUT2D eigenvalue weighted by atomic mass is 32.2. The largest absolute Gasteiger partial charge is 0.477 e. The predicted molar refractivity (Wildman–Crippen MR) is 89.9 cm³/mol. The fourth-order valence-electron chi connectivity index (χ4n) is 3.73. The van der Waals surface area contributed by atoms with E-state index in [0.717, 1.165) is 25.7 Å². The molecule has 2 amide bonds. The Hall–Kier alpha value is -1.54. The zero-order chi connectivity index (χ0) is 17.4. The number of hydrogen-bond acceptors (Lipinski definition) is 5. The summed E-state index contributed by atoms with van der Waals surface area (Å²) in [5.74, 6) is -1.07. The number of fused-ring (bicyclic) bond motifs is 1. The van der Waals surface area contributed by atoms with Crippen molar-refractivity contribution in [1.29, 1.82) is 0 Å². The fourth-order valence-corrected chi connectivity index (χ4v) is 5.02. The van der Waals surface area contributed by atoms with Gasteiger partial charge in [0, 0.05) is 5.75 Å². The third-order valence-electron chi connectivity index (χ3n) is 5.12. The van der Waals surface area contributed by atoms with Crippen molar-refractivity contribution in [2.75, 3.05) is 5.75 Å². The van der Waals surface area contributed by atoms with Gasteiger partial charge in [-0.25, -0.2) is 4.79 Å². The molecular weight excluding hydrogens is 330 g/mol.